The van der Waals surface area contributed by atoms with Gasteiger partial charge >= 0.3 is 6.03 Å². The number of urea groups is 1. The van der Waals surface area contributed by atoms with Crippen LogP contribution in [0, 0.1) is 0 Å². The quantitative estimate of drug-likeness (QED) is 0.455. The molecule has 0 saturated carbocycles. The maximum absolute atomic E-state index is 13.7. The molecule has 0 radical (unpaired) electrons. The molecule has 3 amide bonds. The van der Waals surface area contributed by atoms with Gasteiger partial charge in [0.25, 0.3) is 10.5 Å². The van der Waals surface area contributed by atoms with E-state index in [1.165, 1.54) is 0 Å². The van der Waals surface area contributed by atoms with Gasteiger partial charge in [-0.15, -0.1) is 6.58 Å². The highest BCUT2D eigenvalue weighted by molar-refractivity contribution is 9.10. The van der Waals surface area contributed by atoms with Gasteiger partial charge in [0.05, 0.1) is 6.61 Å². The molecule has 1 aliphatic heterocycles. The van der Waals surface area contributed by atoms with E-state index in [-0.39, 0.29) is 6.61 Å². The van der Waals surface area contributed by atoms with Crippen molar-refractivity contribution in [2.24, 2.45) is 0 Å². The van der Waals surface area contributed by atoms with Crippen molar-refractivity contribution >= 4 is 27.9 Å². The number of nitrogens with one attached hydrogen (secondary N) is 2. The zero-order chi connectivity index (χ0) is 11.5. The van der Waals surface area contributed by atoms with Crippen molar-refractivity contribution in [2.45, 2.75) is 17.2 Å². The Kier molecular flexibility index (Phi) is 3.81. The van der Waals surface area contributed by atoms with Crippen LogP contribution in [0.3, 0.4) is 0 Å². The van der Waals surface area contributed by atoms with Crippen LogP contribution in [0.5, 0.6) is 0 Å². The zero-order valence-corrected chi connectivity index (χ0v) is 9.34. The lowest BCUT2D eigenvalue weighted by Crippen LogP contribution is -2.65. The number of imide groups is 1. The highest BCUT2D eigenvalue weighted by atomic mass is 79.9. The van der Waals surface area contributed by atoms with E-state index in [1.807, 2.05) is 0 Å². The van der Waals surface area contributed by atoms with E-state index < -0.39 is 22.7 Å². The van der Waals surface area contributed by atoms with Gasteiger partial charge in [0.2, 0.25) is 0 Å². The van der Waals surface area contributed by atoms with Gasteiger partial charge in [-0.1, -0.05) is 6.08 Å². The molecule has 5 nitrogen and oxygen atoms in total. The Hall–Kier alpha value is -0.950. The van der Waals surface area contributed by atoms with Crippen LogP contribution < -0.4 is 10.6 Å². The predicted molar refractivity (Wildman–Crippen MR) is 54.0 cm³/mol. The number of alkyl halides is 2. The SMILES string of the molecule is C=CCCO[C@H]1NC(=O)NC(=O)[C@]1(F)Br. The van der Waals surface area contributed by atoms with Crippen LogP contribution in [0.15, 0.2) is 12.7 Å². The maximum Gasteiger partial charge on any atom is 0.323 e. The minimum Gasteiger partial charge on any atom is -0.353 e. The van der Waals surface area contributed by atoms with Gasteiger partial charge in [0, 0.05) is 0 Å². The summed E-state index contributed by atoms with van der Waals surface area (Å²) < 4.78 is 16.2. The molecule has 2 N–H and O–H groups in total. The summed E-state index contributed by atoms with van der Waals surface area (Å²) in [5.74, 6) is -1.07. The molecule has 7 heteroatoms. The number of rotatable bonds is 4. The van der Waals surface area contributed by atoms with E-state index in [2.05, 4.69) is 27.8 Å². The second-order valence-electron chi connectivity index (χ2n) is 2.88. The van der Waals surface area contributed by atoms with Gasteiger partial charge in [0.1, 0.15) is 0 Å². The van der Waals surface area contributed by atoms with Crippen molar-refractivity contribution in [1.82, 2.24) is 10.6 Å². The number of amides is 3. The van der Waals surface area contributed by atoms with Gasteiger partial charge in [0.15, 0.2) is 6.23 Å². The molecule has 84 valence electrons. The molecule has 2 atom stereocenters. The molecule has 0 unspecified atom stereocenters. The average molecular weight is 281 g/mol. The molecule has 0 aromatic heterocycles. The third-order valence-electron chi connectivity index (χ3n) is 1.73. The summed E-state index contributed by atoms with van der Waals surface area (Å²) in [5, 5.41) is 3.93. The van der Waals surface area contributed by atoms with E-state index in [1.54, 1.807) is 11.4 Å². The van der Waals surface area contributed by atoms with Gasteiger partial charge in [-0.25, -0.2) is 9.18 Å². The largest absolute Gasteiger partial charge is 0.353 e. The van der Waals surface area contributed by atoms with E-state index in [0.717, 1.165) is 0 Å². The van der Waals surface area contributed by atoms with Crippen LogP contribution >= 0.6 is 15.9 Å². The van der Waals surface area contributed by atoms with Crippen molar-refractivity contribution in [2.75, 3.05) is 6.61 Å². The lowest BCUT2D eigenvalue weighted by Gasteiger charge is -2.32. The van der Waals surface area contributed by atoms with E-state index in [9.17, 15) is 14.0 Å². The molecule has 1 aliphatic rings. The van der Waals surface area contributed by atoms with E-state index in [4.69, 9.17) is 4.74 Å². The Labute approximate surface area is 94.2 Å². The maximum atomic E-state index is 13.7. The summed E-state index contributed by atoms with van der Waals surface area (Å²) in [6.07, 6.45) is 0.745. The molecule has 1 rings (SSSR count). The zero-order valence-electron chi connectivity index (χ0n) is 7.76. The number of hydrogen-bond donors (Lipinski definition) is 2. The van der Waals surface area contributed by atoms with E-state index >= 15 is 0 Å². The average Bonchev–Trinajstić information content (AvgIpc) is 2.14. The second kappa shape index (κ2) is 4.71. The molecule has 1 heterocycles. The van der Waals surface area contributed by atoms with Crippen LogP contribution in [0.25, 0.3) is 0 Å². The molecule has 15 heavy (non-hydrogen) atoms. The molecule has 0 spiro atoms. The number of hydrogen-bond acceptors (Lipinski definition) is 3. The highest BCUT2D eigenvalue weighted by Gasteiger charge is 2.50. The third-order valence-corrected chi connectivity index (χ3v) is 2.50. The van der Waals surface area contributed by atoms with Crippen molar-refractivity contribution in [3.63, 3.8) is 0 Å². The molecule has 0 aromatic rings. The van der Waals surface area contributed by atoms with E-state index in [0.29, 0.717) is 6.42 Å². The molecule has 1 saturated heterocycles. The summed E-state index contributed by atoms with van der Waals surface area (Å²) in [6, 6.07) is -0.781. The first kappa shape index (κ1) is 12.1. The standard InChI is InChI=1S/C8H10BrFN2O3/c1-2-3-4-15-6-8(9,10)5(13)11-7(14)12-6/h2,6H,1,3-4H2,(H2,11,12,13,14)/t6-,8-/m1/s1. The third kappa shape index (κ3) is 2.75. The van der Waals surface area contributed by atoms with Crippen LogP contribution in [0.4, 0.5) is 9.18 Å². The summed E-state index contributed by atoms with van der Waals surface area (Å²) in [5.41, 5.74) is 0. The predicted octanol–water partition coefficient (Wildman–Crippen LogP) is 0.805. The Morgan fingerprint density at radius 3 is 2.93 bits per heavy atom. The van der Waals surface area contributed by atoms with Crippen LogP contribution in [0.2, 0.25) is 0 Å². The Morgan fingerprint density at radius 2 is 2.33 bits per heavy atom. The topological polar surface area (TPSA) is 67.4 Å². The molecule has 0 aromatic carbocycles. The summed E-state index contributed by atoms with van der Waals surface area (Å²) >= 11 is 2.56. The molecule has 1 fully saturated rings. The number of halogens is 2. The van der Waals surface area contributed by atoms with Crippen molar-refractivity contribution in [3.8, 4) is 0 Å². The van der Waals surface area contributed by atoms with Crippen LogP contribution in [-0.2, 0) is 9.53 Å². The minimum atomic E-state index is -2.44. The number of carbonyl (C=O) groups excluding carboxylic acids is 2. The summed E-state index contributed by atoms with van der Waals surface area (Å²) in [7, 11) is 0. The second-order valence-corrected chi connectivity index (χ2v) is 4.03. The molecule has 0 bridgehead atoms. The number of carbonyl (C=O) groups is 2. The lowest BCUT2D eigenvalue weighted by molar-refractivity contribution is -0.137. The fourth-order valence-electron chi connectivity index (χ4n) is 0.967. The van der Waals surface area contributed by atoms with Crippen molar-refractivity contribution < 1.29 is 18.7 Å². The van der Waals surface area contributed by atoms with Gasteiger partial charge in [-0.3, -0.25) is 10.1 Å². The van der Waals surface area contributed by atoms with Crippen molar-refractivity contribution in [3.05, 3.63) is 12.7 Å². The van der Waals surface area contributed by atoms with Gasteiger partial charge in [-0.2, -0.15) is 0 Å². The minimum absolute atomic E-state index is 0.166. The fourth-order valence-corrected chi connectivity index (χ4v) is 1.31. The Balaban J connectivity index is 2.62. The normalized spacial score (nSPS) is 30.7. The molecule has 0 aliphatic carbocycles. The van der Waals surface area contributed by atoms with Crippen LogP contribution in [0.1, 0.15) is 6.42 Å². The molecular weight excluding hydrogens is 271 g/mol. The van der Waals surface area contributed by atoms with Crippen molar-refractivity contribution in [1.29, 1.82) is 0 Å². The Morgan fingerprint density at radius 1 is 1.67 bits per heavy atom. The lowest BCUT2D eigenvalue weighted by atomic mass is 10.2. The summed E-state index contributed by atoms with van der Waals surface area (Å²) in [6.45, 7) is 3.62. The van der Waals surface area contributed by atoms with Gasteiger partial charge < -0.3 is 10.1 Å². The molecular formula is C8H10BrFN2O3. The summed E-state index contributed by atoms with van der Waals surface area (Å²) in [4.78, 5) is 21.9. The monoisotopic (exact) mass is 280 g/mol. The van der Waals surface area contributed by atoms with Crippen LogP contribution in [-0.4, -0.2) is 29.4 Å². The Bertz CT molecular complexity index is 296. The fraction of sp³-hybridized carbons (Fsp3) is 0.500. The first-order valence-corrected chi connectivity index (χ1v) is 5.00. The highest BCUT2D eigenvalue weighted by Crippen LogP contribution is 2.27. The smallest absolute Gasteiger partial charge is 0.323 e. The van der Waals surface area contributed by atoms with Gasteiger partial charge in [-0.05, 0) is 22.4 Å². The first-order valence-electron chi connectivity index (χ1n) is 4.20. The number of ether oxygens (including phenoxy) is 1. The first-order chi connectivity index (χ1) is 6.98.